The van der Waals surface area contributed by atoms with Gasteiger partial charge in [0.25, 0.3) is 0 Å². The van der Waals surface area contributed by atoms with Crippen molar-refractivity contribution in [1.82, 2.24) is 15.5 Å². The third-order valence-corrected chi connectivity index (χ3v) is 5.52. The molecule has 0 bridgehead atoms. The lowest BCUT2D eigenvalue weighted by Gasteiger charge is -2.29. The number of nitrogens with one attached hydrogen (secondary N) is 2. The summed E-state index contributed by atoms with van der Waals surface area (Å²) < 4.78 is 0. The second-order valence-electron chi connectivity index (χ2n) is 7.47. The fourth-order valence-corrected chi connectivity index (χ4v) is 3.56. The zero-order chi connectivity index (χ0) is 16.8. The minimum absolute atomic E-state index is 0. The maximum absolute atomic E-state index is 4.91. The van der Waals surface area contributed by atoms with Crippen LogP contribution in [0.5, 0.6) is 0 Å². The molecule has 1 aromatic carbocycles. The van der Waals surface area contributed by atoms with Gasteiger partial charge in [-0.05, 0) is 64.2 Å². The Kier molecular flexibility index (Phi) is 8.00. The first-order valence-corrected chi connectivity index (χ1v) is 9.48. The Balaban J connectivity index is 0.00000225. The smallest absolute Gasteiger partial charge is 0.191 e. The molecule has 1 aliphatic heterocycles. The summed E-state index contributed by atoms with van der Waals surface area (Å²) in [5, 5.41) is 6.99. The van der Waals surface area contributed by atoms with Gasteiger partial charge in [-0.1, -0.05) is 30.3 Å². The summed E-state index contributed by atoms with van der Waals surface area (Å²) in [6.45, 7) is 7.42. The molecule has 0 atom stereocenters. The van der Waals surface area contributed by atoms with E-state index in [1.54, 1.807) is 0 Å². The Hall–Kier alpha value is -0.820. The normalized spacial score (nSPS) is 20.6. The molecule has 4 nitrogen and oxygen atoms in total. The number of hydrogen-bond donors (Lipinski definition) is 2. The maximum Gasteiger partial charge on any atom is 0.191 e. The molecule has 140 valence electrons. The molecule has 1 aliphatic carbocycles. The number of rotatable bonds is 6. The Morgan fingerprint density at radius 1 is 1.16 bits per heavy atom. The highest BCUT2D eigenvalue weighted by Gasteiger charge is 2.43. The molecule has 1 saturated carbocycles. The quantitative estimate of drug-likeness (QED) is 0.392. The van der Waals surface area contributed by atoms with Crippen LogP contribution < -0.4 is 10.6 Å². The molecule has 1 aromatic rings. The molecule has 1 saturated heterocycles. The molecule has 25 heavy (non-hydrogen) atoms. The number of piperidine rings is 1. The van der Waals surface area contributed by atoms with Crippen LogP contribution in [-0.2, 0) is 5.41 Å². The summed E-state index contributed by atoms with van der Waals surface area (Å²) in [4.78, 5) is 7.33. The molecule has 1 heterocycles. The highest BCUT2D eigenvalue weighted by atomic mass is 127. The number of guanidine groups is 1. The van der Waals surface area contributed by atoms with Gasteiger partial charge in [-0.15, -0.1) is 24.0 Å². The van der Waals surface area contributed by atoms with E-state index in [2.05, 4.69) is 59.8 Å². The minimum Gasteiger partial charge on any atom is -0.357 e. The first-order chi connectivity index (χ1) is 11.7. The monoisotopic (exact) mass is 456 g/mol. The Bertz CT molecular complexity index is 534. The third-order valence-electron chi connectivity index (χ3n) is 5.52. The standard InChI is InChI=1S/C20H32N4.HI/c1-3-21-19(22-15-17-9-13-24(2)14-10-17)23-16-20(11-12-20)18-7-5-4-6-8-18;/h4-8,17H,3,9-16H2,1-2H3,(H2,21,22,23);1H. The van der Waals surface area contributed by atoms with E-state index in [1.165, 1.54) is 44.3 Å². The Morgan fingerprint density at radius 2 is 1.84 bits per heavy atom. The van der Waals surface area contributed by atoms with Gasteiger partial charge in [0, 0.05) is 18.5 Å². The largest absolute Gasteiger partial charge is 0.357 e. The maximum atomic E-state index is 4.91. The lowest BCUT2D eigenvalue weighted by molar-refractivity contribution is 0.220. The van der Waals surface area contributed by atoms with Crippen LogP contribution in [-0.4, -0.2) is 50.6 Å². The molecule has 5 heteroatoms. The first-order valence-electron chi connectivity index (χ1n) is 9.48. The molecule has 2 N–H and O–H groups in total. The summed E-state index contributed by atoms with van der Waals surface area (Å²) in [6, 6.07) is 10.9. The molecule has 0 radical (unpaired) electrons. The Labute approximate surface area is 169 Å². The van der Waals surface area contributed by atoms with E-state index < -0.39 is 0 Å². The average molecular weight is 456 g/mol. The van der Waals surface area contributed by atoms with Crippen molar-refractivity contribution >= 4 is 29.9 Å². The molecular weight excluding hydrogens is 423 g/mol. The van der Waals surface area contributed by atoms with E-state index in [9.17, 15) is 0 Å². The van der Waals surface area contributed by atoms with Crippen LogP contribution in [0, 0.1) is 5.92 Å². The van der Waals surface area contributed by atoms with Crippen LogP contribution in [0.25, 0.3) is 0 Å². The number of aliphatic imine (C=N–C) groups is 1. The van der Waals surface area contributed by atoms with Gasteiger partial charge in [0.2, 0.25) is 0 Å². The third kappa shape index (κ3) is 5.84. The van der Waals surface area contributed by atoms with Crippen LogP contribution >= 0.6 is 24.0 Å². The van der Waals surface area contributed by atoms with E-state index in [1.807, 2.05) is 0 Å². The summed E-state index contributed by atoms with van der Waals surface area (Å²) >= 11 is 0. The predicted molar refractivity (Wildman–Crippen MR) is 117 cm³/mol. The van der Waals surface area contributed by atoms with Crippen molar-refractivity contribution in [1.29, 1.82) is 0 Å². The summed E-state index contributed by atoms with van der Waals surface area (Å²) in [5.74, 6) is 1.76. The van der Waals surface area contributed by atoms with Crippen molar-refractivity contribution in [3.8, 4) is 0 Å². The zero-order valence-electron chi connectivity index (χ0n) is 15.6. The van der Waals surface area contributed by atoms with Gasteiger partial charge in [0.1, 0.15) is 0 Å². The number of benzene rings is 1. The molecule has 0 aromatic heterocycles. The van der Waals surface area contributed by atoms with E-state index >= 15 is 0 Å². The van der Waals surface area contributed by atoms with Gasteiger partial charge < -0.3 is 15.5 Å². The van der Waals surface area contributed by atoms with Crippen molar-refractivity contribution in [2.45, 2.75) is 38.0 Å². The highest BCUT2D eigenvalue weighted by molar-refractivity contribution is 14.0. The average Bonchev–Trinajstić information content (AvgIpc) is 3.41. The van der Waals surface area contributed by atoms with Gasteiger partial charge in [0.05, 0.1) is 6.54 Å². The Morgan fingerprint density at radius 3 is 2.44 bits per heavy atom. The van der Waals surface area contributed by atoms with Crippen molar-refractivity contribution in [2.24, 2.45) is 10.9 Å². The van der Waals surface area contributed by atoms with E-state index in [4.69, 9.17) is 4.99 Å². The molecule has 0 unspecified atom stereocenters. The molecule has 2 fully saturated rings. The summed E-state index contributed by atoms with van der Waals surface area (Å²) in [7, 11) is 2.22. The van der Waals surface area contributed by atoms with E-state index in [0.29, 0.717) is 0 Å². The second kappa shape index (κ2) is 9.76. The summed E-state index contributed by atoms with van der Waals surface area (Å²) in [5.41, 5.74) is 1.73. The van der Waals surface area contributed by atoms with Crippen LogP contribution in [0.4, 0.5) is 0 Å². The molecule has 0 spiro atoms. The van der Waals surface area contributed by atoms with Gasteiger partial charge >= 0.3 is 0 Å². The van der Waals surface area contributed by atoms with Crippen LogP contribution in [0.15, 0.2) is 35.3 Å². The van der Waals surface area contributed by atoms with Crippen LogP contribution in [0.1, 0.15) is 38.2 Å². The van der Waals surface area contributed by atoms with E-state index in [-0.39, 0.29) is 29.4 Å². The second-order valence-corrected chi connectivity index (χ2v) is 7.47. The van der Waals surface area contributed by atoms with Crippen molar-refractivity contribution in [3.63, 3.8) is 0 Å². The first kappa shape index (κ1) is 20.5. The number of nitrogens with zero attached hydrogens (tertiary/aromatic N) is 2. The van der Waals surface area contributed by atoms with Crippen LogP contribution in [0.3, 0.4) is 0 Å². The summed E-state index contributed by atoms with van der Waals surface area (Å²) in [6.07, 6.45) is 5.09. The van der Waals surface area contributed by atoms with Gasteiger partial charge in [-0.2, -0.15) is 0 Å². The molecule has 0 amide bonds. The molecular formula is C20H33IN4. The lowest BCUT2D eigenvalue weighted by Crippen LogP contribution is -2.42. The SMILES string of the molecule is CCNC(=NCC1(c2ccccc2)CC1)NCC1CCN(C)CC1.I. The predicted octanol–water partition coefficient (Wildman–Crippen LogP) is 3.23. The van der Waals surface area contributed by atoms with Gasteiger partial charge in [-0.25, -0.2) is 0 Å². The number of likely N-dealkylation sites (tertiary alicyclic amines) is 1. The van der Waals surface area contributed by atoms with Gasteiger partial charge in [0.15, 0.2) is 5.96 Å². The molecule has 3 rings (SSSR count). The van der Waals surface area contributed by atoms with Crippen LogP contribution in [0.2, 0.25) is 0 Å². The highest BCUT2D eigenvalue weighted by Crippen LogP contribution is 2.48. The fraction of sp³-hybridized carbons (Fsp3) is 0.650. The number of halogens is 1. The van der Waals surface area contributed by atoms with Crippen molar-refractivity contribution in [3.05, 3.63) is 35.9 Å². The van der Waals surface area contributed by atoms with Gasteiger partial charge in [-0.3, -0.25) is 4.99 Å². The van der Waals surface area contributed by atoms with E-state index in [0.717, 1.165) is 31.5 Å². The van der Waals surface area contributed by atoms with Crippen molar-refractivity contribution < 1.29 is 0 Å². The lowest BCUT2D eigenvalue weighted by atomic mass is 9.96. The van der Waals surface area contributed by atoms with Crippen molar-refractivity contribution in [2.75, 3.05) is 39.8 Å². The topological polar surface area (TPSA) is 39.7 Å². The molecule has 2 aliphatic rings. The zero-order valence-corrected chi connectivity index (χ0v) is 18.0. The fourth-order valence-electron chi connectivity index (χ4n) is 3.56. The minimum atomic E-state index is 0. The number of hydrogen-bond acceptors (Lipinski definition) is 2.